The Bertz CT molecular complexity index is 587. The van der Waals surface area contributed by atoms with Crippen molar-refractivity contribution in [2.45, 2.75) is 20.1 Å². The molecule has 0 heterocycles. The van der Waals surface area contributed by atoms with Crippen LogP contribution >= 0.6 is 15.9 Å². The first-order valence-electron chi connectivity index (χ1n) is 6.98. The van der Waals surface area contributed by atoms with Crippen LogP contribution in [0.25, 0.3) is 0 Å². The third-order valence-electron chi connectivity index (χ3n) is 3.17. The molecule has 112 valence electrons. The van der Waals surface area contributed by atoms with Crippen LogP contribution in [0.1, 0.15) is 18.1 Å². The van der Waals surface area contributed by atoms with Gasteiger partial charge in [-0.2, -0.15) is 0 Å². The van der Waals surface area contributed by atoms with Crippen molar-refractivity contribution in [2.75, 3.05) is 13.7 Å². The lowest BCUT2D eigenvalue weighted by molar-refractivity contribution is 0.300. The molecule has 0 atom stereocenters. The monoisotopic (exact) mass is 349 g/mol. The van der Waals surface area contributed by atoms with Gasteiger partial charge in [0.2, 0.25) is 0 Å². The molecule has 0 saturated heterocycles. The van der Waals surface area contributed by atoms with E-state index in [0.717, 1.165) is 40.2 Å². The second-order valence-corrected chi connectivity index (χ2v) is 5.49. The molecule has 2 aromatic carbocycles. The van der Waals surface area contributed by atoms with E-state index in [1.807, 2.05) is 36.4 Å². The number of nitrogens with one attached hydrogen (secondary N) is 1. The molecule has 0 unspecified atom stereocenters. The number of hydrogen-bond acceptors (Lipinski definition) is 3. The normalized spacial score (nSPS) is 10.4. The summed E-state index contributed by atoms with van der Waals surface area (Å²) >= 11 is 3.54. The maximum atomic E-state index is 5.98. The van der Waals surface area contributed by atoms with E-state index in [0.29, 0.717) is 6.61 Å². The molecule has 0 aliphatic carbocycles. The minimum Gasteiger partial charge on any atom is -0.497 e. The van der Waals surface area contributed by atoms with Crippen LogP contribution in [-0.2, 0) is 13.2 Å². The molecular weight excluding hydrogens is 330 g/mol. The number of hydrogen-bond donors (Lipinski definition) is 1. The molecule has 0 spiro atoms. The summed E-state index contributed by atoms with van der Waals surface area (Å²) in [6, 6.07) is 14.0. The second kappa shape index (κ2) is 8.05. The van der Waals surface area contributed by atoms with E-state index in [2.05, 4.69) is 34.2 Å². The van der Waals surface area contributed by atoms with E-state index in [1.54, 1.807) is 7.11 Å². The van der Waals surface area contributed by atoms with Gasteiger partial charge in [0, 0.05) is 22.1 Å². The van der Waals surface area contributed by atoms with Crippen molar-refractivity contribution in [1.82, 2.24) is 5.32 Å². The summed E-state index contributed by atoms with van der Waals surface area (Å²) in [6.45, 7) is 4.30. The van der Waals surface area contributed by atoms with Crippen LogP contribution in [0.15, 0.2) is 46.9 Å². The van der Waals surface area contributed by atoms with Gasteiger partial charge in [-0.15, -0.1) is 0 Å². The fourth-order valence-corrected chi connectivity index (χ4v) is 2.39. The highest BCUT2D eigenvalue weighted by atomic mass is 79.9. The second-order valence-electron chi connectivity index (χ2n) is 4.63. The first-order chi connectivity index (χ1) is 10.2. The molecule has 0 aliphatic rings. The zero-order valence-electron chi connectivity index (χ0n) is 12.4. The molecule has 4 heteroatoms. The summed E-state index contributed by atoms with van der Waals surface area (Å²) < 4.78 is 12.3. The average Bonchev–Trinajstić information content (AvgIpc) is 2.52. The molecular formula is C17H20BrNO2. The van der Waals surface area contributed by atoms with Gasteiger partial charge < -0.3 is 14.8 Å². The lowest BCUT2D eigenvalue weighted by atomic mass is 10.2. The van der Waals surface area contributed by atoms with Crippen LogP contribution in [0.3, 0.4) is 0 Å². The van der Waals surface area contributed by atoms with Crippen LogP contribution in [0, 0.1) is 0 Å². The number of methoxy groups -OCH3 is 1. The molecule has 3 nitrogen and oxygen atoms in total. The van der Waals surface area contributed by atoms with Gasteiger partial charge in [-0.25, -0.2) is 0 Å². The predicted molar refractivity (Wildman–Crippen MR) is 88.8 cm³/mol. The molecule has 0 saturated carbocycles. The molecule has 0 aliphatic heterocycles. The van der Waals surface area contributed by atoms with Crippen molar-refractivity contribution in [3.8, 4) is 11.5 Å². The number of rotatable bonds is 7. The van der Waals surface area contributed by atoms with Crippen molar-refractivity contribution in [2.24, 2.45) is 0 Å². The smallest absolute Gasteiger partial charge is 0.124 e. The van der Waals surface area contributed by atoms with Crippen molar-refractivity contribution in [1.29, 1.82) is 0 Å². The van der Waals surface area contributed by atoms with Crippen molar-refractivity contribution < 1.29 is 9.47 Å². The molecule has 0 radical (unpaired) electrons. The lowest BCUT2D eigenvalue weighted by Crippen LogP contribution is -2.13. The lowest BCUT2D eigenvalue weighted by Gasteiger charge is -2.14. The molecule has 2 rings (SSSR count). The van der Waals surface area contributed by atoms with E-state index in [9.17, 15) is 0 Å². The van der Waals surface area contributed by atoms with E-state index in [4.69, 9.17) is 9.47 Å². The largest absolute Gasteiger partial charge is 0.497 e. The molecule has 21 heavy (non-hydrogen) atoms. The quantitative estimate of drug-likeness (QED) is 0.814. The van der Waals surface area contributed by atoms with E-state index < -0.39 is 0 Å². The van der Waals surface area contributed by atoms with Gasteiger partial charge in [-0.05, 0) is 30.8 Å². The number of halogens is 1. The van der Waals surface area contributed by atoms with E-state index in [-0.39, 0.29) is 0 Å². The van der Waals surface area contributed by atoms with Gasteiger partial charge in [0.1, 0.15) is 18.1 Å². The summed E-state index contributed by atoms with van der Waals surface area (Å²) in [6.07, 6.45) is 0. The highest BCUT2D eigenvalue weighted by molar-refractivity contribution is 9.10. The highest BCUT2D eigenvalue weighted by Crippen LogP contribution is 2.26. The van der Waals surface area contributed by atoms with Gasteiger partial charge in [0.25, 0.3) is 0 Å². The van der Waals surface area contributed by atoms with Crippen molar-refractivity contribution in [3.63, 3.8) is 0 Å². The van der Waals surface area contributed by atoms with Gasteiger partial charge in [-0.3, -0.25) is 0 Å². The molecule has 0 fully saturated rings. The Morgan fingerprint density at radius 2 is 1.90 bits per heavy atom. The van der Waals surface area contributed by atoms with Gasteiger partial charge in [0.15, 0.2) is 0 Å². The van der Waals surface area contributed by atoms with Crippen LogP contribution in [0.5, 0.6) is 11.5 Å². The number of ether oxygens (including phenoxy) is 2. The van der Waals surface area contributed by atoms with E-state index in [1.165, 1.54) is 0 Å². The van der Waals surface area contributed by atoms with Crippen LogP contribution < -0.4 is 14.8 Å². The summed E-state index contributed by atoms with van der Waals surface area (Å²) in [4.78, 5) is 0. The third-order valence-corrected chi connectivity index (χ3v) is 3.95. The average molecular weight is 350 g/mol. The predicted octanol–water partition coefficient (Wildman–Crippen LogP) is 4.15. The van der Waals surface area contributed by atoms with Crippen LogP contribution in [0.4, 0.5) is 0 Å². The van der Waals surface area contributed by atoms with Crippen molar-refractivity contribution in [3.05, 3.63) is 58.1 Å². The Balaban J connectivity index is 2.13. The Morgan fingerprint density at radius 3 is 2.62 bits per heavy atom. The minimum atomic E-state index is 0.535. The maximum absolute atomic E-state index is 5.98. The first kappa shape index (κ1) is 15.9. The number of benzene rings is 2. The molecule has 0 amide bonds. The fourth-order valence-electron chi connectivity index (χ4n) is 1.99. The van der Waals surface area contributed by atoms with Crippen LogP contribution in [-0.4, -0.2) is 13.7 Å². The molecule has 2 aromatic rings. The van der Waals surface area contributed by atoms with Gasteiger partial charge in [0.05, 0.1) is 7.11 Å². The molecule has 0 bridgehead atoms. The minimum absolute atomic E-state index is 0.535. The van der Waals surface area contributed by atoms with Gasteiger partial charge in [-0.1, -0.05) is 41.1 Å². The Kier molecular flexibility index (Phi) is 6.08. The topological polar surface area (TPSA) is 30.5 Å². The summed E-state index contributed by atoms with van der Waals surface area (Å²) in [5, 5.41) is 3.32. The molecule has 1 N–H and O–H groups in total. The highest BCUT2D eigenvalue weighted by Gasteiger charge is 2.07. The SMILES string of the molecule is CCNCc1cc(OC)ccc1OCc1ccccc1Br. The Morgan fingerprint density at radius 1 is 1.10 bits per heavy atom. The summed E-state index contributed by atoms with van der Waals surface area (Å²) in [5.74, 6) is 1.73. The van der Waals surface area contributed by atoms with Crippen molar-refractivity contribution >= 4 is 15.9 Å². The van der Waals surface area contributed by atoms with Gasteiger partial charge >= 0.3 is 0 Å². The maximum Gasteiger partial charge on any atom is 0.124 e. The zero-order chi connectivity index (χ0) is 15.1. The summed E-state index contributed by atoms with van der Waals surface area (Å²) in [5.41, 5.74) is 2.23. The standard InChI is InChI=1S/C17H20BrNO2/c1-3-19-11-14-10-15(20-2)8-9-17(14)21-12-13-6-4-5-7-16(13)18/h4-10,19H,3,11-12H2,1-2H3. The van der Waals surface area contributed by atoms with E-state index >= 15 is 0 Å². The first-order valence-corrected chi connectivity index (χ1v) is 7.77. The summed E-state index contributed by atoms with van der Waals surface area (Å²) in [7, 11) is 1.67. The zero-order valence-corrected chi connectivity index (χ0v) is 13.9. The third kappa shape index (κ3) is 4.48. The fraction of sp³-hybridized carbons (Fsp3) is 0.294. The Hall–Kier alpha value is -1.52. The van der Waals surface area contributed by atoms with Crippen LogP contribution in [0.2, 0.25) is 0 Å². The Labute approximate surface area is 134 Å². The molecule has 0 aromatic heterocycles.